The first-order chi connectivity index (χ1) is 17.0. The molecule has 0 aliphatic carbocycles. The van der Waals surface area contributed by atoms with Gasteiger partial charge in [0.2, 0.25) is 5.91 Å². The second-order valence-electron chi connectivity index (χ2n) is 9.57. The van der Waals surface area contributed by atoms with Crippen LogP contribution >= 0.6 is 0 Å². The fourth-order valence-corrected chi connectivity index (χ4v) is 3.77. The molecule has 0 bridgehead atoms. The van der Waals surface area contributed by atoms with Crippen LogP contribution < -0.4 is 21.9 Å². The van der Waals surface area contributed by atoms with Crippen LogP contribution in [0.3, 0.4) is 0 Å². The average Bonchev–Trinajstić information content (AvgIpc) is 3.24. The third kappa shape index (κ3) is 6.61. The number of ether oxygens (including phenoxy) is 1. The van der Waals surface area contributed by atoms with Crippen molar-refractivity contribution in [2.75, 3.05) is 0 Å². The maximum atomic E-state index is 12.7. The Balaban J connectivity index is 1.65. The lowest BCUT2D eigenvalue weighted by atomic mass is 10.1. The highest BCUT2D eigenvalue weighted by Crippen LogP contribution is 2.11. The summed E-state index contributed by atoms with van der Waals surface area (Å²) >= 11 is 0. The Bertz CT molecular complexity index is 1330. The molecule has 3 rings (SSSR count). The molecule has 1 aromatic carbocycles. The number of carbonyl (C=O) groups excluding carboxylic acids is 2. The first kappa shape index (κ1) is 26.7. The molecule has 2 heterocycles. The predicted octanol–water partition coefficient (Wildman–Crippen LogP) is 2.26. The van der Waals surface area contributed by atoms with Gasteiger partial charge in [-0.25, -0.2) is 14.6 Å². The Morgan fingerprint density at radius 1 is 1.11 bits per heavy atom. The molecular formula is C25H34N6O5. The lowest BCUT2D eigenvalue weighted by Gasteiger charge is -2.23. The monoisotopic (exact) mass is 498 g/mol. The molecular weight excluding hydrogens is 464 g/mol. The van der Waals surface area contributed by atoms with Crippen LogP contribution in [0.25, 0.3) is 11.2 Å². The van der Waals surface area contributed by atoms with E-state index in [-0.39, 0.29) is 19.0 Å². The summed E-state index contributed by atoms with van der Waals surface area (Å²) in [7, 11) is 0. The minimum Gasteiger partial charge on any atom is -0.444 e. The summed E-state index contributed by atoms with van der Waals surface area (Å²) in [5, 5.41) is 5.49. The van der Waals surface area contributed by atoms with Gasteiger partial charge in [0.05, 0.1) is 12.9 Å². The summed E-state index contributed by atoms with van der Waals surface area (Å²) in [6.45, 7) is 10.2. The predicted molar refractivity (Wildman–Crippen MR) is 136 cm³/mol. The van der Waals surface area contributed by atoms with Crippen molar-refractivity contribution in [1.82, 2.24) is 29.7 Å². The Kier molecular flexibility index (Phi) is 8.33. The van der Waals surface area contributed by atoms with Crippen LogP contribution in [-0.2, 0) is 29.2 Å². The number of H-pyrrole nitrogens is 1. The summed E-state index contributed by atoms with van der Waals surface area (Å²) in [6.07, 6.45) is 2.12. The van der Waals surface area contributed by atoms with Crippen molar-refractivity contribution in [3.05, 3.63) is 62.6 Å². The fourth-order valence-electron chi connectivity index (χ4n) is 3.77. The lowest BCUT2D eigenvalue weighted by molar-refractivity contribution is -0.123. The van der Waals surface area contributed by atoms with Gasteiger partial charge in [0.25, 0.3) is 5.56 Å². The molecule has 3 aromatic rings. The van der Waals surface area contributed by atoms with Gasteiger partial charge in [-0.2, -0.15) is 0 Å². The van der Waals surface area contributed by atoms with E-state index in [1.165, 1.54) is 4.57 Å². The molecule has 0 aliphatic rings. The molecule has 2 aromatic heterocycles. The summed E-state index contributed by atoms with van der Waals surface area (Å²) in [5.41, 5.74) is 0.750. The van der Waals surface area contributed by atoms with E-state index >= 15 is 0 Å². The fraction of sp³-hybridized carbons (Fsp3) is 0.480. The van der Waals surface area contributed by atoms with E-state index in [1.54, 1.807) is 31.7 Å². The number of carbonyl (C=O) groups is 2. The van der Waals surface area contributed by atoms with Gasteiger partial charge in [-0.3, -0.25) is 19.1 Å². The molecule has 11 heteroatoms. The topological polar surface area (TPSA) is 140 Å². The number of imidazole rings is 1. The number of hydrogen-bond acceptors (Lipinski definition) is 6. The van der Waals surface area contributed by atoms with Gasteiger partial charge in [0.1, 0.15) is 11.6 Å². The average molecular weight is 499 g/mol. The third-order valence-corrected chi connectivity index (χ3v) is 5.51. The highest BCUT2D eigenvalue weighted by molar-refractivity contribution is 5.85. The molecule has 11 nitrogen and oxygen atoms in total. The molecule has 36 heavy (non-hydrogen) atoms. The molecule has 0 aliphatic heterocycles. The Morgan fingerprint density at radius 3 is 2.39 bits per heavy atom. The summed E-state index contributed by atoms with van der Waals surface area (Å²) in [6, 6.07) is 6.71. The SMILES string of the molecule is CCC[C@@H](NC(=O)OC(C)(C)C)C(=O)NCc1ccc(Cn2c(=O)[nH]c(=O)c3c2ncn3CC)cc1. The molecule has 0 unspecified atom stereocenters. The summed E-state index contributed by atoms with van der Waals surface area (Å²) in [4.78, 5) is 56.1. The standard InChI is InChI=1S/C25H34N6O5/c1-6-8-18(28-24(35)36-25(3,4)5)21(32)26-13-16-9-11-17(12-10-16)14-31-20-19(22(33)29-23(31)34)30(7-2)15-27-20/h9-12,15,18H,6-8,13-14H2,1-5H3,(H,26,32)(H,28,35)(H,29,33,34)/t18-/m1/s1. The quantitative estimate of drug-likeness (QED) is 0.413. The Labute approximate surface area is 208 Å². The van der Waals surface area contributed by atoms with Crippen molar-refractivity contribution in [3.8, 4) is 0 Å². The molecule has 0 spiro atoms. The summed E-state index contributed by atoms with van der Waals surface area (Å²) < 4.78 is 8.38. The van der Waals surface area contributed by atoms with Crippen LogP contribution in [0, 0.1) is 0 Å². The van der Waals surface area contributed by atoms with E-state index in [0.717, 1.165) is 17.5 Å². The van der Waals surface area contributed by atoms with Crippen molar-refractivity contribution in [1.29, 1.82) is 0 Å². The van der Waals surface area contributed by atoms with Crippen molar-refractivity contribution >= 4 is 23.2 Å². The number of nitrogens with zero attached hydrogens (tertiary/aromatic N) is 3. The van der Waals surface area contributed by atoms with Gasteiger partial charge >= 0.3 is 11.8 Å². The van der Waals surface area contributed by atoms with E-state index in [1.807, 2.05) is 38.1 Å². The molecule has 2 amide bonds. The van der Waals surface area contributed by atoms with E-state index in [4.69, 9.17) is 4.74 Å². The van der Waals surface area contributed by atoms with Gasteiger partial charge in [-0.1, -0.05) is 37.6 Å². The minimum atomic E-state index is -0.693. The Morgan fingerprint density at radius 2 is 1.78 bits per heavy atom. The van der Waals surface area contributed by atoms with Crippen LogP contribution in [0.2, 0.25) is 0 Å². The second-order valence-corrected chi connectivity index (χ2v) is 9.57. The van der Waals surface area contributed by atoms with Crippen molar-refractivity contribution in [3.63, 3.8) is 0 Å². The van der Waals surface area contributed by atoms with Crippen LogP contribution in [0.1, 0.15) is 58.6 Å². The first-order valence-electron chi connectivity index (χ1n) is 12.0. The molecule has 0 saturated carbocycles. The number of benzene rings is 1. The van der Waals surface area contributed by atoms with Gasteiger partial charge in [0.15, 0.2) is 11.2 Å². The zero-order chi connectivity index (χ0) is 26.5. The minimum absolute atomic E-state index is 0.234. The molecule has 194 valence electrons. The van der Waals surface area contributed by atoms with Crippen LogP contribution in [-0.4, -0.2) is 42.7 Å². The number of alkyl carbamates (subject to hydrolysis) is 1. The zero-order valence-corrected chi connectivity index (χ0v) is 21.4. The number of amides is 2. The Hall–Kier alpha value is -3.89. The largest absolute Gasteiger partial charge is 0.444 e. The highest BCUT2D eigenvalue weighted by atomic mass is 16.6. The van der Waals surface area contributed by atoms with Gasteiger partial charge in [0, 0.05) is 13.1 Å². The number of aromatic nitrogens is 4. The van der Waals surface area contributed by atoms with Crippen molar-refractivity contribution in [2.24, 2.45) is 0 Å². The number of hydrogen-bond donors (Lipinski definition) is 3. The molecule has 0 saturated heterocycles. The lowest BCUT2D eigenvalue weighted by Crippen LogP contribution is -2.47. The van der Waals surface area contributed by atoms with E-state index in [9.17, 15) is 19.2 Å². The number of nitrogens with one attached hydrogen (secondary N) is 3. The van der Waals surface area contributed by atoms with E-state index in [0.29, 0.717) is 24.1 Å². The number of fused-ring (bicyclic) bond motifs is 1. The van der Waals surface area contributed by atoms with Crippen LogP contribution in [0.15, 0.2) is 40.2 Å². The van der Waals surface area contributed by atoms with E-state index in [2.05, 4.69) is 20.6 Å². The zero-order valence-electron chi connectivity index (χ0n) is 21.4. The molecule has 0 radical (unpaired) electrons. The van der Waals surface area contributed by atoms with Gasteiger partial charge in [-0.15, -0.1) is 0 Å². The number of rotatable bonds is 9. The molecule has 3 N–H and O–H groups in total. The van der Waals surface area contributed by atoms with Gasteiger partial charge in [-0.05, 0) is 45.2 Å². The van der Waals surface area contributed by atoms with Crippen molar-refractivity contribution in [2.45, 2.75) is 78.7 Å². The maximum absolute atomic E-state index is 12.7. The normalized spacial score (nSPS) is 12.4. The highest BCUT2D eigenvalue weighted by Gasteiger charge is 2.23. The number of aromatic amines is 1. The van der Waals surface area contributed by atoms with Crippen LogP contribution in [0.5, 0.6) is 0 Å². The summed E-state index contributed by atoms with van der Waals surface area (Å²) in [5.74, 6) is -0.291. The smallest absolute Gasteiger partial charge is 0.408 e. The first-order valence-corrected chi connectivity index (χ1v) is 12.0. The van der Waals surface area contributed by atoms with E-state index < -0.39 is 29.0 Å². The maximum Gasteiger partial charge on any atom is 0.408 e. The molecule has 1 atom stereocenters. The third-order valence-electron chi connectivity index (χ3n) is 5.51. The van der Waals surface area contributed by atoms with Crippen molar-refractivity contribution < 1.29 is 14.3 Å². The number of aryl methyl sites for hydroxylation is 1. The van der Waals surface area contributed by atoms with Crippen LogP contribution in [0.4, 0.5) is 4.79 Å². The molecule has 0 fully saturated rings. The second kappa shape index (κ2) is 11.2. The van der Waals surface area contributed by atoms with Gasteiger partial charge < -0.3 is 19.9 Å².